The van der Waals surface area contributed by atoms with Gasteiger partial charge in [0.05, 0.1) is 12.7 Å². The summed E-state index contributed by atoms with van der Waals surface area (Å²) < 4.78 is 7.36. The first-order valence-corrected chi connectivity index (χ1v) is 7.52. The first-order chi connectivity index (χ1) is 8.49. The van der Waals surface area contributed by atoms with Crippen LogP contribution in [0.4, 0.5) is 5.69 Å². The highest BCUT2D eigenvalue weighted by Crippen LogP contribution is 2.25. The van der Waals surface area contributed by atoms with Gasteiger partial charge in [0.1, 0.15) is 0 Å². The van der Waals surface area contributed by atoms with E-state index < -0.39 is 6.10 Å². The molecule has 0 heterocycles. The number of hydrogen-bond donors (Lipinski definition) is 2. The van der Waals surface area contributed by atoms with Crippen molar-refractivity contribution >= 4 is 37.5 Å². The fourth-order valence-corrected chi connectivity index (χ4v) is 2.55. The summed E-state index contributed by atoms with van der Waals surface area (Å²) in [5.74, 6) is 0.491. The zero-order chi connectivity index (χ0) is 13.5. The molecule has 2 N–H and O–H groups in total. The molecule has 0 saturated heterocycles. The van der Waals surface area contributed by atoms with Gasteiger partial charge in [-0.3, -0.25) is 0 Å². The second kappa shape index (κ2) is 8.15. The third-order valence-corrected chi connectivity index (χ3v) is 3.37. The fraction of sp³-hybridized carbons (Fsp3) is 0.538. The summed E-state index contributed by atoms with van der Waals surface area (Å²) in [5, 5.41) is 12.9. The van der Waals surface area contributed by atoms with E-state index in [1.807, 2.05) is 18.2 Å². The van der Waals surface area contributed by atoms with Crippen molar-refractivity contribution in [2.45, 2.75) is 20.0 Å². The van der Waals surface area contributed by atoms with Crippen molar-refractivity contribution in [3.63, 3.8) is 0 Å². The molecule has 0 aliphatic rings. The SMILES string of the molecule is CC(C)COCC(O)CNc1ccc(Br)cc1Br. The van der Waals surface area contributed by atoms with Crippen molar-refractivity contribution in [1.82, 2.24) is 0 Å². The third kappa shape index (κ3) is 6.18. The van der Waals surface area contributed by atoms with Crippen LogP contribution in [0.5, 0.6) is 0 Å². The lowest BCUT2D eigenvalue weighted by Gasteiger charge is -2.15. The average Bonchev–Trinajstić information content (AvgIpc) is 2.27. The summed E-state index contributed by atoms with van der Waals surface area (Å²) in [7, 11) is 0. The molecule has 1 aromatic carbocycles. The molecule has 3 nitrogen and oxygen atoms in total. The number of ether oxygens (including phenoxy) is 1. The Bertz CT molecular complexity index is 372. The minimum Gasteiger partial charge on any atom is -0.389 e. The summed E-state index contributed by atoms with van der Waals surface area (Å²) in [5.41, 5.74) is 0.959. The van der Waals surface area contributed by atoms with E-state index in [4.69, 9.17) is 4.74 Å². The maximum Gasteiger partial charge on any atom is 0.0945 e. The molecule has 0 bridgehead atoms. The number of hydrogen-bond acceptors (Lipinski definition) is 3. The van der Waals surface area contributed by atoms with E-state index in [1.54, 1.807) is 0 Å². The van der Waals surface area contributed by atoms with Gasteiger partial charge >= 0.3 is 0 Å². The van der Waals surface area contributed by atoms with Crippen molar-refractivity contribution in [2.24, 2.45) is 5.92 Å². The predicted molar refractivity (Wildman–Crippen MR) is 82.0 cm³/mol. The van der Waals surface area contributed by atoms with Gasteiger partial charge in [0.25, 0.3) is 0 Å². The van der Waals surface area contributed by atoms with Gasteiger partial charge in [-0.1, -0.05) is 29.8 Å². The minimum absolute atomic E-state index is 0.360. The van der Waals surface area contributed by atoms with Gasteiger partial charge in [0.2, 0.25) is 0 Å². The van der Waals surface area contributed by atoms with Gasteiger partial charge in [0, 0.05) is 27.8 Å². The molecule has 5 heteroatoms. The second-order valence-corrected chi connectivity index (χ2v) is 6.36. The van der Waals surface area contributed by atoms with Crippen molar-refractivity contribution in [3.8, 4) is 0 Å². The highest BCUT2D eigenvalue weighted by molar-refractivity contribution is 9.11. The molecule has 0 aliphatic heterocycles. The molecule has 1 rings (SSSR count). The number of rotatable bonds is 7. The molecule has 0 spiro atoms. The van der Waals surface area contributed by atoms with Gasteiger partial charge in [0.15, 0.2) is 0 Å². The summed E-state index contributed by atoms with van der Waals surface area (Å²) in [6.07, 6.45) is -0.501. The Morgan fingerprint density at radius 2 is 2.00 bits per heavy atom. The van der Waals surface area contributed by atoms with E-state index in [0.717, 1.165) is 14.6 Å². The quantitative estimate of drug-likeness (QED) is 0.758. The van der Waals surface area contributed by atoms with E-state index in [9.17, 15) is 5.11 Å². The molecule has 1 unspecified atom stereocenters. The topological polar surface area (TPSA) is 41.5 Å². The summed E-state index contributed by atoms with van der Waals surface area (Å²) >= 11 is 6.86. The van der Waals surface area contributed by atoms with Crippen LogP contribution in [0.3, 0.4) is 0 Å². The predicted octanol–water partition coefficient (Wildman–Crippen LogP) is 3.66. The fourth-order valence-electron chi connectivity index (χ4n) is 1.36. The van der Waals surface area contributed by atoms with Gasteiger partial charge in [-0.2, -0.15) is 0 Å². The van der Waals surface area contributed by atoms with E-state index in [-0.39, 0.29) is 0 Å². The number of nitrogens with one attached hydrogen (secondary N) is 1. The molecular formula is C13H19Br2NO2. The molecule has 0 fully saturated rings. The highest BCUT2D eigenvalue weighted by atomic mass is 79.9. The van der Waals surface area contributed by atoms with Crippen molar-refractivity contribution in [2.75, 3.05) is 25.1 Å². The molecule has 102 valence electrons. The molecule has 1 atom stereocenters. The third-order valence-electron chi connectivity index (χ3n) is 2.22. The van der Waals surface area contributed by atoms with Gasteiger partial charge in [-0.05, 0) is 40.0 Å². The normalized spacial score (nSPS) is 12.8. The Morgan fingerprint density at radius 3 is 2.61 bits per heavy atom. The van der Waals surface area contributed by atoms with Crippen LogP contribution in [0.1, 0.15) is 13.8 Å². The van der Waals surface area contributed by atoms with Crippen LogP contribution in [-0.2, 0) is 4.74 Å². The van der Waals surface area contributed by atoms with Crippen molar-refractivity contribution in [3.05, 3.63) is 27.1 Å². The monoisotopic (exact) mass is 379 g/mol. The molecule has 0 saturated carbocycles. The van der Waals surface area contributed by atoms with Crippen LogP contribution in [0.2, 0.25) is 0 Å². The Balaban J connectivity index is 2.31. The first-order valence-electron chi connectivity index (χ1n) is 5.93. The number of aliphatic hydroxyl groups excluding tert-OH is 1. The van der Waals surface area contributed by atoms with E-state index in [0.29, 0.717) is 25.7 Å². The van der Waals surface area contributed by atoms with Crippen LogP contribution in [0, 0.1) is 5.92 Å². The zero-order valence-electron chi connectivity index (χ0n) is 10.6. The maximum atomic E-state index is 9.76. The van der Waals surface area contributed by atoms with E-state index >= 15 is 0 Å². The van der Waals surface area contributed by atoms with Gasteiger partial charge in [-0.25, -0.2) is 0 Å². The lowest BCUT2D eigenvalue weighted by Crippen LogP contribution is -2.25. The zero-order valence-corrected chi connectivity index (χ0v) is 13.8. The lowest BCUT2D eigenvalue weighted by molar-refractivity contribution is 0.0318. The minimum atomic E-state index is -0.501. The van der Waals surface area contributed by atoms with Crippen LogP contribution in [-0.4, -0.2) is 31.0 Å². The van der Waals surface area contributed by atoms with E-state index in [1.165, 1.54) is 0 Å². The molecular weight excluding hydrogens is 362 g/mol. The van der Waals surface area contributed by atoms with Gasteiger partial charge < -0.3 is 15.2 Å². The number of anilines is 1. The summed E-state index contributed by atoms with van der Waals surface area (Å²) in [6, 6.07) is 5.87. The molecule has 0 aliphatic carbocycles. The number of aliphatic hydroxyl groups is 1. The van der Waals surface area contributed by atoms with Crippen molar-refractivity contribution in [1.29, 1.82) is 0 Å². The Labute approximate surface area is 125 Å². The Morgan fingerprint density at radius 1 is 1.28 bits per heavy atom. The van der Waals surface area contributed by atoms with Crippen LogP contribution < -0.4 is 5.32 Å². The molecule has 1 aromatic rings. The first kappa shape index (κ1) is 16.0. The van der Waals surface area contributed by atoms with Crippen LogP contribution >= 0.6 is 31.9 Å². The highest BCUT2D eigenvalue weighted by Gasteiger charge is 2.06. The van der Waals surface area contributed by atoms with Crippen LogP contribution in [0.25, 0.3) is 0 Å². The van der Waals surface area contributed by atoms with E-state index in [2.05, 4.69) is 51.0 Å². The molecule has 0 aromatic heterocycles. The smallest absolute Gasteiger partial charge is 0.0945 e. The maximum absolute atomic E-state index is 9.76. The largest absolute Gasteiger partial charge is 0.389 e. The molecule has 0 amide bonds. The Kier molecular flexibility index (Phi) is 7.22. The molecule has 0 radical (unpaired) electrons. The number of benzene rings is 1. The Hall–Kier alpha value is -0.100. The standard InChI is InChI=1S/C13H19Br2NO2/c1-9(2)7-18-8-11(17)6-16-13-4-3-10(14)5-12(13)15/h3-5,9,11,16-17H,6-8H2,1-2H3. The van der Waals surface area contributed by atoms with Crippen molar-refractivity contribution < 1.29 is 9.84 Å². The van der Waals surface area contributed by atoms with Gasteiger partial charge in [-0.15, -0.1) is 0 Å². The second-order valence-electron chi connectivity index (χ2n) is 4.59. The lowest BCUT2D eigenvalue weighted by atomic mass is 10.2. The number of halogens is 2. The summed E-state index contributed by atoms with van der Waals surface area (Å²) in [4.78, 5) is 0. The van der Waals surface area contributed by atoms with Crippen LogP contribution in [0.15, 0.2) is 27.1 Å². The summed E-state index contributed by atoms with van der Waals surface area (Å²) in [6.45, 7) is 5.68. The molecule has 18 heavy (non-hydrogen) atoms. The average molecular weight is 381 g/mol.